The lowest BCUT2D eigenvalue weighted by molar-refractivity contribution is -0.129. The van der Waals surface area contributed by atoms with Gasteiger partial charge in [-0.3, -0.25) is 10.2 Å². The standard InChI is InChI=1S/C32H33Cl2N3O4/c33-25-13-16-27(28(34)20-25)29-32(31(39)37-35-21-23-9-10-23,17-4-8-22-6-2-1-3-7-22)36-30(41-29)24-11-14-26(15-12-24)40-19-5-18-38/h1-4,6-8,11-16,20,23,29,35,38H,5,9-10,17-19,21H2,(H,37,39)/b8-4+/t29-,32-/m0/s1. The number of hydrogen-bond acceptors (Lipinski definition) is 6. The van der Waals surface area contributed by atoms with Gasteiger partial charge in [0, 0.05) is 47.2 Å². The average Bonchev–Trinajstić information content (AvgIpc) is 3.73. The molecule has 1 aliphatic heterocycles. The summed E-state index contributed by atoms with van der Waals surface area (Å²) in [7, 11) is 0. The number of aliphatic imine (C=N–C) groups is 1. The third kappa shape index (κ3) is 7.29. The van der Waals surface area contributed by atoms with Crippen molar-refractivity contribution in [3.63, 3.8) is 0 Å². The molecule has 2 aliphatic rings. The number of ether oxygens (including phenoxy) is 2. The van der Waals surface area contributed by atoms with Crippen molar-refractivity contribution < 1.29 is 19.4 Å². The largest absolute Gasteiger partial charge is 0.494 e. The fourth-order valence-corrected chi connectivity index (χ4v) is 5.16. The summed E-state index contributed by atoms with van der Waals surface area (Å²) in [6.07, 6.45) is 6.22. The lowest BCUT2D eigenvalue weighted by Crippen LogP contribution is -2.52. The van der Waals surface area contributed by atoms with Crippen LogP contribution >= 0.6 is 23.2 Å². The van der Waals surface area contributed by atoms with E-state index in [1.165, 1.54) is 0 Å². The first kappa shape index (κ1) is 29.1. The molecule has 1 amide bonds. The number of amides is 1. The Bertz CT molecular complexity index is 1390. The SMILES string of the molecule is O=C(NNCC1CC1)[C@@]1(C/C=C/c2ccccc2)N=C(c2ccc(OCCCO)cc2)O[C@H]1c1ccc(Cl)cc1Cl. The molecular formula is C32H33Cl2N3O4. The number of aliphatic hydroxyl groups is 1. The molecule has 7 nitrogen and oxygen atoms in total. The molecule has 1 fully saturated rings. The van der Waals surface area contributed by atoms with Gasteiger partial charge in [-0.05, 0) is 60.7 Å². The highest BCUT2D eigenvalue weighted by Crippen LogP contribution is 2.45. The molecule has 41 heavy (non-hydrogen) atoms. The minimum atomic E-state index is -1.36. The van der Waals surface area contributed by atoms with E-state index in [0.29, 0.717) is 58.3 Å². The van der Waals surface area contributed by atoms with E-state index in [2.05, 4.69) is 10.9 Å². The highest BCUT2D eigenvalue weighted by Gasteiger charge is 2.53. The number of rotatable bonds is 13. The Morgan fingerprint density at radius 3 is 2.59 bits per heavy atom. The molecule has 5 rings (SSSR count). The number of aliphatic hydroxyl groups excluding tert-OH is 1. The molecular weight excluding hydrogens is 561 g/mol. The van der Waals surface area contributed by atoms with Crippen molar-refractivity contribution >= 4 is 41.1 Å². The predicted molar refractivity (Wildman–Crippen MR) is 162 cm³/mol. The summed E-state index contributed by atoms with van der Waals surface area (Å²) in [5, 5.41) is 9.90. The van der Waals surface area contributed by atoms with E-state index in [1.54, 1.807) is 18.2 Å². The van der Waals surface area contributed by atoms with Crippen LogP contribution < -0.4 is 15.6 Å². The maximum absolute atomic E-state index is 14.0. The molecule has 0 spiro atoms. The van der Waals surface area contributed by atoms with Crippen molar-refractivity contribution in [1.82, 2.24) is 10.9 Å². The highest BCUT2D eigenvalue weighted by atomic mass is 35.5. The Hall–Kier alpha value is -3.36. The molecule has 1 aliphatic carbocycles. The topological polar surface area (TPSA) is 92.2 Å². The van der Waals surface area contributed by atoms with Crippen molar-refractivity contribution in [3.05, 3.63) is 106 Å². The normalized spacial score (nSPS) is 20.1. The summed E-state index contributed by atoms with van der Waals surface area (Å²) in [6.45, 7) is 1.17. The van der Waals surface area contributed by atoms with Crippen LogP contribution in [-0.4, -0.2) is 42.2 Å². The Labute approximate surface area is 250 Å². The van der Waals surface area contributed by atoms with Crippen LogP contribution in [0.1, 0.15) is 48.5 Å². The summed E-state index contributed by atoms with van der Waals surface area (Å²) in [6, 6.07) is 22.4. The molecule has 0 bridgehead atoms. The molecule has 0 aromatic heterocycles. The van der Waals surface area contributed by atoms with Crippen molar-refractivity contribution in [2.45, 2.75) is 37.3 Å². The Morgan fingerprint density at radius 1 is 1.10 bits per heavy atom. The van der Waals surface area contributed by atoms with Gasteiger partial charge in [-0.1, -0.05) is 71.8 Å². The molecule has 1 heterocycles. The molecule has 0 radical (unpaired) electrons. The Kier molecular flexibility index (Phi) is 9.62. The summed E-state index contributed by atoms with van der Waals surface area (Å²) in [5.41, 5.74) is 6.97. The zero-order valence-electron chi connectivity index (χ0n) is 22.6. The van der Waals surface area contributed by atoms with E-state index < -0.39 is 11.6 Å². The van der Waals surface area contributed by atoms with Gasteiger partial charge < -0.3 is 14.6 Å². The molecule has 2 atom stereocenters. The van der Waals surface area contributed by atoms with Gasteiger partial charge in [0.25, 0.3) is 5.91 Å². The molecule has 0 unspecified atom stereocenters. The molecule has 3 aromatic rings. The first-order chi connectivity index (χ1) is 20.0. The second-order valence-corrected chi connectivity index (χ2v) is 11.1. The maximum atomic E-state index is 14.0. The molecule has 214 valence electrons. The number of hydrazine groups is 1. The lowest BCUT2D eigenvalue weighted by atomic mass is 9.84. The number of benzene rings is 3. The van der Waals surface area contributed by atoms with Crippen LogP contribution in [0.3, 0.4) is 0 Å². The molecule has 3 aromatic carbocycles. The number of halogens is 2. The fourth-order valence-electron chi connectivity index (χ4n) is 4.65. The Balaban J connectivity index is 1.51. The zero-order chi connectivity index (χ0) is 28.7. The minimum absolute atomic E-state index is 0.0652. The first-order valence-electron chi connectivity index (χ1n) is 13.8. The van der Waals surface area contributed by atoms with Crippen molar-refractivity contribution in [3.8, 4) is 5.75 Å². The zero-order valence-corrected chi connectivity index (χ0v) is 24.1. The van der Waals surface area contributed by atoms with E-state index in [-0.39, 0.29) is 18.9 Å². The van der Waals surface area contributed by atoms with Gasteiger partial charge in [0.1, 0.15) is 5.75 Å². The third-order valence-electron chi connectivity index (χ3n) is 7.10. The second-order valence-electron chi connectivity index (χ2n) is 10.3. The highest BCUT2D eigenvalue weighted by molar-refractivity contribution is 6.35. The summed E-state index contributed by atoms with van der Waals surface area (Å²) in [4.78, 5) is 19.0. The predicted octanol–water partition coefficient (Wildman–Crippen LogP) is 6.15. The minimum Gasteiger partial charge on any atom is -0.494 e. The molecule has 0 saturated heterocycles. The molecule has 1 saturated carbocycles. The number of nitrogens with zero attached hydrogens (tertiary/aromatic N) is 1. The van der Waals surface area contributed by atoms with Crippen LogP contribution in [0.4, 0.5) is 0 Å². The van der Waals surface area contributed by atoms with Gasteiger partial charge in [0.05, 0.1) is 6.61 Å². The number of hydrogen-bond donors (Lipinski definition) is 3. The number of carbonyl (C=O) groups excluding carboxylic acids is 1. The van der Waals surface area contributed by atoms with Gasteiger partial charge >= 0.3 is 0 Å². The van der Waals surface area contributed by atoms with Crippen molar-refractivity contribution in [2.75, 3.05) is 19.8 Å². The van der Waals surface area contributed by atoms with Crippen LogP contribution in [0.25, 0.3) is 6.08 Å². The summed E-state index contributed by atoms with van der Waals surface area (Å²) < 4.78 is 12.2. The smallest absolute Gasteiger partial charge is 0.266 e. The van der Waals surface area contributed by atoms with Crippen LogP contribution in [0.2, 0.25) is 10.0 Å². The quantitative estimate of drug-likeness (QED) is 0.163. The van der Waals surface area contributed by atoms with Gasteiger partial charge in [0.2, 0.25) is 5.90 Å². The van der Waals surface area contributed by atoms with Gasteiger partial charge in [-0.25, -0.2) is 10.4 Å². The van der Waals surface area contributed by atoms with E-state index in [1.807, 2.05) is 66.7 Å². The summed E-state index contributed by atoms with van der Waals surface area (Å²) >= 11 is 12.9. The van der Waals surface area contributed by atoms with Crippen LogP contribution in [-0.2, 0) is 9.53 Å². The van der Waals surface area contributed by atoms with Crippen molar-refractivity contribution in [1.29, 1.82) is 0 Å². The number of nitrogens with one attached hydrogen (secondary N) is 2. The lowest BCUT2D eigenvalue weighted by Gasteiger charge is -2.30. The van der Waals surface area contributed by atoms with Gasteiger partial charge in [-0.2, -0.15) is 0 Å². The van der Waals surface area contributed by atoms with E-state index in [0.717, 1.165) is 18.4 Å². The molecule has 3 N–H and O–H groups in total. The first-order valence-corrected chi connectivity index (χ1v) is 14.5. The number of carbonyl (C=O) groups is 1. The molecule has 9 heteroatoms. The van der Waals surface area contributed by atoms with E-state index >= 15 is 0 Å². The fraction of sp³-hybridized carbons (Fsp3) is 0.312. The van der Waals surface area contributed by atoms with E-state index in [4.69, 9.17) is 42.8 Å². The van der Waals surface area contributed by atoms with Gasteiger partial charge in [-0.15, -0.1) is 0 Å². The van der Waals surface area contributed by atoms with E-state index in [9.17, 15) is 4.79 Å². The second kappa shape index (κ2) is 13.5. The monoisotopic (exact) mass is 593 g/mol. The summed E-state index contributed by atoms with van der Waals surface area (Å²) in [5.74, 6) is 1.25. The van der Waals surface area contributed by atoms with Crippen LogP contribution in [0, 0.1) is 5.92 Å². The van der Waals surface area contributed by atoms with Crippen LogP contribution in [0.15, 0.2) is 83.9 Å². The average molecular weight is 595 g/mol. The van der Waals surface area contributed by atoms with Crippen molar-refractivity contribution in [2.24, 2.45) is 10.9 Å². The third-order valence-corrected chi connectivity index (χ3v) is 7.67. The van der Waals surface area contributed by atoms with Crippen LogP contribution in [0.5, 0.6) is 5.75 Å². The Morgan fingerprint density at radius 2 is 1.88 bits per heavy atom. The van der Waals surface area contributed by atoms with Gasteiger partial charge in [0.15, 0.2) is 11.6 Å². The maximum Gasteiger partial charge on any atom is 0.266 e.